The first-order chi connectivity index (χ1) is 10.5. The minimum Gasteiger partial charge on any atom is -0.347 e. The van der Waals surface area contributed by atoms with Gasteiger partial charge in [0.25, 0.3) is 0 Å². The highest BCUT2D eigenvalue weighted by Crippen LogP contribution is 2.13. The number of halogens is 2. The van der Waals surface area contributed by atoms with Crippen LogP contribution in [0.1, 0.15) is 5.56 Å². The van der Waals surface area contributed by atoms with Crippen molar-refractivity contribution in [1.29, 1.82) is 0 Å². The van der Waals surface area contributed by atoms with Gasteiger partial charge in [-0.2, -0.15) is 0 Å². The van der Waals surface area contributed by atoms with Crippen molar-refractivity contribution in [2.75, 3.05) is 11.9 Å². The van der Waals surface area contributed by atoms with Gasteiger partial charge in [-0.15, -0.1) is 0 Å². The van der Waals surface area contributed by atoms with Crippen LogP contribution in [0.15, 0.2) is 48.5 Å². The van der Waals surface area contributed by atoms with Gasteiger partial charge in [0.05, 0.1) is 0 Å². The molecule has 0 aliphatic heterocycles. The number of hydrogen-bond acceptors (Lipinski definition) is 2. The van der Waals surface area contributed by atoms with Crippen LogP contribution in [0.5, 0.6) is 0 Å². The second kappa shape index (κ2) is 7.56. The fourth-order valence-corrected chi connectivity index (χ4v) is 1.90. The van der Waals surface area contributed by atoms with Crippen molar-refractivity contribution < 1.29 is 14.0 Å². The molecule has 0 aliphatic carbocycles. The molecule has 4 nitrogen and oxygen atoms in total. The predicted octanol–water partition coefficient (Wildman–Crippen LogP) is 2.78. The highest BCUT2D eigenvalue weighted by Gasteiger charge is 2.12. The van der Waals surface area contributed by atoms with Crippen molar-refractivity contribution in [2.24, 2.45) is 0 Å². The molecule has 0 unspecified atom stereocenters. The van der Waals surface area contributed by atoms with Gasteiger partial charge < -0.3 is 10.6 Å². The van der Waals surface area contributed by atoms with Gasteiger partial charge in [0.1, 0.15) is 5.82 Å². The Hall–Kier alpha value is -2.40. The molecule has 2 aromatic rings. The fraction of sp³-hybridized carbons (Fsp3) is 0.125. The fourth-order valence-electron chi connectivity index (χ4n) is 1.77. The van der Waals surface area contributed by atoms with Crippen LogP contribution in [0.4, 0.5) is 10.1 Å². The molecule has 2 N–H and O–H groups in total. The van der Waals surface area contributed by atoms with Crippen LogP contribution in [-0.4, -0.2) is 18.4 Å². The number of nitrogens with one attached hydrogen (secondary N) is 2. The molecule has 0 saturated heterocycles. The van der Waals surface area contributed by atoms with E-state index in [4.69, 9.17) is 11.6 Å². The summed E-state index contributed by atoms with van der Waals surface area (Å²) >= 11 is 5.73. The molecule has 2 aromatic carbocycles. The summed E-state index contributed by atoms with van der Waals surface area (Å²) in [7, 11) is 0. The van der Waals surface area contributed by atoms with Crippen molar-refractivity contribution in [2.45, 2.75) is 6.42 Å². The number of carbonyl (C=O) groups is 2. The average molecular weight is 321 g/mol. The molecule has 114 valence electrons. The molecule has 0 spiro atoms. The largest absolute Gasteiger partial charge is 0.347 e. The Kier molecular flexibility index (Phi) is 5.49. The molecule has 0 saturated carbocycles. The maximum atomic E-state index is 12.7. The quantitative estimate of drug-likeness (QED) is 0.851. The topological polar surface area (TPSA) is 58.2 Å². The number of benzene rings is 2. The molecular formula is C16H14ClFN2O2. The van der Waals surface area contributed by atoms with Gasteiger partial charge in [0, 0.05) is 17.3 Å². The lowest BCUT2D eigenvalue weighted by atomic mass is 10.1. The van der Waals surface area contributed by atoms with Gasteiger partial charge in [-0.1, -0.05) is 23.7 Å². The number of carbonyl (C=O) groups excluding carboxylic acids is 2. The summed E-state index contributed by atoms with van der Waals surface area (Å²) in [6, 6.07) is 12.4. The summed E-state index contributed by atoms with van der Waals surface area (Å²) in [5, 5.41) is 5.52. The van der Waals surface area contributed by atoms with Gasteiger partial charge in [-0.05, 0) is 48.4 Å². The average Bonchev–Trinajstić information content (AvgIpc) is 2.51. The Labute approximate surface area is 132 Å². The zero-order valence-electron chi connectivity index (χ0n) is 11.6. The van der Waals surface area contributed by atoms with E-state index in [0.29, 0.717) is 23.7 Å². The third-order valence-electron chi connectivity index (χ3n) is 2.92. The Balaban J connectivity index is 1.77. The van der Waals surface area contributed by atoms with Gasteiger partial charge in [0.2, 0.25) is 0 Å². The molecule has 0 bridgehead atoms. The molecule has 0 atom stereocenters. The lowest BCUT2D eigenvalue weighted by molar-refractivity contribution is -0.136. The number of anilines is 1. The van der Waals surface area contributed by atoms with Crippen LogP contribution in [0.2, 0.25) is 5.02 Å². The normalized spacial score (nSPS) is 10.1. The minimum atomic E-state index is -0.749. The molecule has 22 heavy (non-hydrogen) atoms. The van der Waals surface area contributed by atoms with E-state index in [1.54, 1.807) is 36.4 Å². The minimum absolute atomic E-state index is 0.290. The lowest BCUT2D eigenvalue weighted by Crippen LogP contribution is -2.36. The number of hydrogen-bond donors (Lipinski definition) is 2. The second-order valence-electron chi connectivity index (χ2n) is 4.59. The van der Waals surface area contributed by atoms with Crippen molar-refractivity contribution in [1.82, 2.24) is 5.32 Å². The van der Waals surface area contributed by atoms with Gasteiger partial charge in [-0.3, -0.25) is 9.59 Å². The van der Waals surface area contributed by atoms with Crippen LogP contribution >= 0.6 is 11.6 Å². The van der Waals surface area contributed by atoms with E-state index in [1.807, 2.05) is 0 Å². The maximum Gasteiger partial charge on any atom is 0.313 e. The van der Waals surface area contributed by atoms with Gasteiger partial charge >= 0.3 is 11.8 Å². The summed E-state index contributed by atoms with van der Waals surface area (Å²) in [6.45, 7) is 0.290. The van der Waals surface area contributed by atoms with E-state index in [2.05, 4.69) is 10.6 Å². The SMILES string of the molecule is O=C(NCCc1ccc(F)cc1)C(=O)Nc1ccc(Cl)cc1. The maximum absolute atomic E-state index is 12.7. The van der Waals surface area contributed by atoms with Crippen LogP contribution < -0.4 is 10.6 Å². The van der Waals surface area contributed by atoms with Crippen molar-refractivity contribution in [3.8, 4) is 0 Å². The molecule has 2 amide bonds. The smallest absolute Gasteiger partial charge is 0.313 e. The third-order valence-corrected chi connectivity index (χ3v) is 3.17. The Bertz CT molecular complexity index is 657. The number of rotatable bonds is 4. The molecule has 0 radical (unpaired) electrons. The first kappa shape index (κ1) is 16.0. The second-order valence-corrected chi connectivity index (χ2v) is 5.03. The lowest BCUT2D eigenvalue weighted by Gasteiger charge is -2.07. The summed E-state index contributed by atoms with van der Waals surface area (Å²) in [5.74, 6) is -1.78. The standard InChI is InChI=1S/C16H14ClFN2O2/c17-12-3-7-14(8-4-12)20-16(22)15(21)19-10-9-11-1-5-13(18)6-2-11/h1-8H,9-10H2,(H,19,21)(H,20,22). The van der Waals surface area contributed by atoms with Crippen LogP contribution in [0.25, 0.3) is 0 Å². The van der Waals surface area contributed by atoms with Crippen molar-refractivity contribution in [3.05, 3.63) is 64.9 Å². The number of amides is 2. The molecule has 0 heterocycles. The molecule has 0 fully saturated rings. The van der Waals surface area contributed by atoms with Gasteiger partial charge in [-0.25, -0.2) is 4.39 Å². The highest BCUT2D eigenvalue weighted by atomic mass is 35.5. The Morgan fingerprint density at radius 3 is 2.23 bits per heavy atom. The molecular weight excluding hydrogens is 307 g/mol. The molecule has 6 heteroatoms. The van der Waals surface area contributed by atoms with E-state index in [0.717, 1.165) is 5.56 Å². The van der Waals surface area contributed by atoms with Crippen LogP contribution in [0, 0.1) is 5.82 Å². The van der Waals surface area contributed by atoms with Crippen molar-refractivity contribution in [3.63, 3.8) is 0 Å². The van der Waals surface area contributed by atoms with Crippen LogP contribution in [-0.2, 0) is 16.0 Å². The summed E-state index contributed by atoms with van der Waals surface area (Å²) in [4.78, 5) is 23.3. The monoisotopic (exact) mass is 320 g/mol. The molecule has 0 aromatic heterocycles. The zero-order chi connectivity index (χ0) is 15.9. The van der Waals surface area contributed by atoms with E-state index >= 15 is 0 Å². The Morgan fingerprint density at radius 1 is 0.955 bits per heavy atom. The first-order valence-electron chi connectivity index (χ1n) is 6.64. The van der Waals surface area contributed by atoms with E-state index in [-0.39, 0.29) is 5.82 Å². The van der Waals surface area contributed by atoms with Crippen LogP contribution in [0.3, 0.4) is 0 Å². The summed E-state index contributed by atoms with van der Waals surface area (Å²) < 4.78 is 12.7. The predicted molar refractivity (Wildman–Crippen MR) is 83.2 cm³/mol. The molecule has 0 aliphatic rings. The van der Waals surface area contributed by atoms with E-state index in [1.165, 1.54) is 12.1 Å². The Morgan fingerprint density at radius 2 is 1.59 bits per heavy atom. The van der Waals surface area contributed by atoms with E-state index < -0.39 is 11.8 Å². The van der Waals surface area contributed by atoms with Crippen molar-refractivity contribution >= 4 is 29.1 Å². The third kappa shape index (κ3) is 4.86. The summed E-state index contributed by atoms with van der Waals surface area (Å²) in [6.07, 6.45) is 0.514. The van der Waals surface area contributed by atoms with E-state index in [9.17, 15) is 14.0 Å². The van der Waals surface area contributed by atoms with Gasteiger partial charge in [0.15, 0.2) is 0 Å². The molecule has 2 rings (SSSR count). The summed E-state index contributed by atoms with van der Waals surface area (Å²) in [5.41, 5.74) is 1.36. The highest BCUT2D eigenvalue weighted by molar-refractivity contribution is 6.39. The zero-order valence-corrected chi connectivity index (χ0v) is 12.4. The first-order valence-corrected chi connectivity index (χ1v) is 7.01.